The van der Waals surface area contributed by atoms with Gasteiger partial charge >= 0.3 is 5.97 Å². The minimum atomic E-state index is -4.02. The summed E-state index contributed by atoms with van der Waals surface area (Å²) in [5.41, 5.74) is -0.897. The van der Waals surface area contributed by atoms with Crippen molar-refractivity contribution in [3.63, 3.8) is 0 Å². The number of aliphatic carboxylic acids is 1. The first kappa shape index (κ1) is 17.2. The van der Waals surface area contributed by atoms with Crippen LogP contribution in [0.15, 0.2) is 23.1 Å². The Balaban J connectivity index is 3.40. The van der Waals surface area contributed by atoms with Crippen LogP contribution < -0.4 is 0 Å². The van der Waals surface area contributed by atoms with Crippen LogP contribution >= 0.6 is 23.2 Å². The zero-order valence-electron chi connectivity index (χ0n) is 11.2. The van der Waals surface area contributed by atoms with Crippen LogP contribution in [0.4, 0.5) is 0 Å². The second-order valence-corrected chi connectivity index (χ2v) is 7.92. The van der Waals surface area contributed by atoms with Crippen molar-refractivity contribution in [2.45, 2.75) is 31.2 Å². The third-order valence-electron chi connectivity index (χ3n) is 2.45. The Labute approximate surface area is 128 Å². The molecule has 0 spiro atoms. The first-order chi connectivity index (χ1) is 8.94. The van der Waals surface area contributed by atoms with Crippen molar-refractivity contribution >= 4 is 39.2 Å². The summed E-state index contributed by atoms with van der Waals surface area (Å²) in [5.74, 6) is -1.24. The lowest BCUT2D eigenvalue weighted by Crippen LogP contribution is -2.48. The van der Waals surface area contributed by atoms with E-state index in [9.17, 15) is 13.2 Å². The van der Waals surface area contributed by atoms with Gasteiger partial charge in [0.05, 0.1) is 4.90 Å². The molecule has 0 saturated heterocycles. The van der Waals surface area contributed by atoms with Crippen LogP contribution in [0, 0.1) is 0 Å². The molecule has 0 unspecified atom stereocenters. The molecule has 0 atom stereocenters. The summed E-state index contributed by atoms with van der Waals surface area (Å²) in [5, 5.41) is 9.24. The van der Waals surface area contributed by atoms with Crippen LogP contribution in [0.5, 0.6) is 0 Å². The van der Waals surface area contributed by atoms with Crippen molar-refractivity contribution < 1.29 is 18.3 Å². The van der Waals surface area contributed by atoms with E-state index in [-0.39, 0.29) is 14.9 Å². The van der Waals surface area contributed by atoms with Crippen molar-refractivity contribution in [2.75, 3.05) is 6.54 Å². The molecule has 0 fully saturated rings. The van der Waals surface area contributed by atoms with Gasteiger partial charge in [-0.05, 0) is 39.0 Å². The minimum Gasteiger partial charge on any atom is -0.480 e. The highest BCUT2D eigenvalue weighted by atomic mass is 35.5. The van der Waals surface area contributed by atoms with E-state index in [1.165, 1.54) is 18.2 Å². The number of carbonyl (C=O) groups is 1. The van der Waals surface area contributed by atoms with Crippen LogP contribution in [0.25, 0.3) is 0 Å². The smallest absolute Gasteiger partial charge is 0.318 e. The number of sulfonamides is 1. The SMILES string of the molecule is CC(C)(C)N(CC(=O)O)S(=O)(=O)c1cc(Cl)cc(Cl)c1. The monoisotopic (exact) mass is 339 g/mol. The van der Waals surface area contributed by atoms with Gasteiger partial charge in [0.1, 0.15) is 6.54 Å². The van der Waals surface area contributed by atoms with Gasteiger partial charge in [-0.15, -0.1) is 0 Å². The van der Waals surface area contributed by atoms with Gasteiger partial charge in [0.15, 0.2) is 0 Å². The lowest BCUT2D eigenvalue weighted by Gasteiger charge is -2.33. The molecule has 5 nitrogen and oxygen atoms in total. The van der Waals surface area contributed by atoms with Crippen LogP contribution in [0.1, 0.15) is 20.8 Å². The topological polar surface area (TPSA) is 74.7 Å². The average molecular weight is 340 g/mol. The van der Waals surface area contributed by atoms with Crippen LogP contribution in [-0.4, -0.2) is 35.9 Å². The molecule has 0 heterocycles. The largest absolute Gasteiger partial charge is 0.480 e. The summed E-state index contributed by atoms with van der Waals surface area (Å²) >= 11 is 11.6. The molecule has 0 bridgehead atoms. The van der Waals surface area contributed by atoms with Crippen molar-refractivity contribution in [1.82, 2.24) is 4.31 Å². The normalized spacial score (nSPS) is 12.7. The molecule has 0 aromatic heterocycles. The molecule has 0 radical (unpaired) electrons. The summed E-state index contributed by atoms with van der Waals surface area (Å²) < 4.78 is 26.0. The predicted octanol–water partition coefficient (Wildman–Crippen LogP) is 2.87. The molecule has 112 valence electrons. The van der Waals surface area contributed by atoms with E-state index in [2.05, 4.69) is 0 Å². The van der Waals surface area contributed by atoms with Gasteiger partial charge in [0.25, 0.3) is 0 Å². The summed E-state index contributed by atoms with van der Waals surface area (Å²) in [6.07, 6.45) is 0. The maximum Gasteiger partial charge on any atom is 0.318 e. The highest BCUT2D eigenvalue weighted by Gasteiger charge is 2.35. The molecule has 0 aliphatic heterocycles. The first-order valence-corrected chi connectivity index (χ1v) is 7.85. The number of halogens is 2. The Bertz CT molecular complexity index is 603. The second kappa shape index (κ2) is 5.89. The number of nitrogens with zero attached hydrogens (tertiary/aromatic N) is 1. The van der Waals surface area contributed by atoms with E-state index in [0.717, 1.165) is 4.31 Å². The van der Waals surface area contributed by atoms with E-state index >= 15 is 0 Å². The Morgan fingerprint density at radius 3 is 2.00 bits per heavy atom. The maximum absolute atomic E-state index is 12.6. The van der Waals surface area contributed by atoms with Crippen molar-refractivity contribution in [1.29, 1.82) is 0 Å². The molecular formula is C12H15Cl2NO4S. The Morgan fingerprint density at radius 1 is 1.20 bits per heavy atom. The Hall–Kier alpha value is -0.820. The molecule has 0 amide bonds. The quantitative estimate of drug-likeness (QED) is 0.915. The molecule has 1 aromatic carbocycles. The van der Waals surface area contributed by atoms with Gasteiger partial charge in [-0.3, -0.25) is 4.79 Å². The van der Waals surface area contributed by atoms with Gasteiger partial charge in [0, 0.05) is 15.6 Å². The van der Waals surface area contributed by atoms with E-state index in [4.69, 9.17) is 28.3 Å². The summed E-state index contributed by atoms with van der Waals surface area (Å²) in [6.45, 7) is 4.19. The molecular weight excluding hydrogens is 325 g/mol. The van der Waals surface area contributed by atoms with Crippen LogP contribution in [0.2, 0.25) is 10.0 Å². The highest BCUT2D eigenvalue weighted by molar-refractivity contribution is 7.89. The highest BCUT2D eigenvalue weighted by Crippen LogP contribution is 2.28. The molecule has 20 heavy (non-hydrogen) atoms. The third-order valence-corrected chi connectivity index (χ3v) is 4.98. The van der Waals surface area contributed by atoms with Gasteiger partial charge in [-0.25, -0.2) is 8.42 Å². The van der Waals surface area contributed by atoms with Crippen molar-refractivity contribution in [2.24, 2.45) is 0 Å². The fraction of sp³-hybridized carbons (Fsp3) is 0.417. The van der Waals surface area contributed by atoms with Crippen molar-refractivity contribution in [3.05, 3.63) is 28.2 Å². The summed E-state index contributed by atoms with van der Waals surface area (Å²) in [6, 6.07) is 3.88. The molecule has 1 aromatic rings. The molecule has 1 N–H and O–H groups in total. The second-order valence-electron chi connectivity index (χ2n) is 5.18. The molecule has 0 saturated carbocycles. The fourth-order valence-corrected chi connectivity index (χ4v) is 4.07. The maximum atomic E-state index is 12.6. The number of carboxylic acids is 1. The Morgan fingerprint density at radius 2 is 1.65 bits per heavy atom. The zero-order chi connectivity index (χ0) is 15.7. The fourth-order valence-electron chi connectivity index (χ4n) is 1.61. The third kappa shape index (κ3) is 4.09. The summed E-state index contributed by atoms with van der Waals surface area (Å²) in [7, 11) is -4.02. The standard InChI is InChI=1S/C12H15Cl2NO4S/c1-12(2,3)15(7-11(16)17)20(18,19)10-5-8(13)4-9(14)6-10/h4-6H,7H2,1-3H3,(H,16,17). The zero-order valence-corrected chi connectivity index (χ0v) is 13.6. The van der Waals surface area contributed by atoms with E-state index in [1.54, 1.807) is 20.8 Å². The number of carboxylic acid groups (broad SMARTS) is 1. The Kier molecular flexibility index (Phi) is 5.08. The summed E-state index contributed by atoms with van der Waals surface area (Å²) in [4.78, 5) is 10.8. The number of hydrogen-bond acceptors (Lipinski definition) is 3. The van der Waals surface area contributed by atoms with Crippen LogP contribution in [-0.2, 0) is 14.8 Å². The molecule has 0 aliphatic carbocycles. The van der Waals surface area contributed by atoms with Crippen molar-refractivity contribution in [3.8, 4) is 0 Å². The van der Waals surface area contributed by atoms with Gasteiger partial charge < -0.3 is 5.11 Å². The first-order valence-electron chi connectivity index (χ1n) is 5.65. The van der Waals surface area contributed by atoms with Crippen LogP contribution in [0.3, 0.4) is 0 Å². The molecule has 1 rings (SSSR count). The number of hydrogen-bond donors (Lipinski definition) is 1. The van der Waals surface area contributed by atoms with Gasteiger partial charge in [0.2, 0.25) is 10.0 Å². The number of rotatable bonds is 4. The predicted molar refractivity (Wildman–Crippen MR) is 77.7 cm³/mol. The minimum absolute atomic E-state index is 0.133. The van der Waals surface area contributed by atoms with E-state index < -0.39 is 28.1 Å². The average Bonchev–Trinajstić information content (AvgIpc) is 2.22. The lowest BCUT2D eigenvalue weighted by molar-refractivity contribution is -0.138. The number of benzene rings is 1. The van der Waals surface area contributed by atoms with Gasteiger partial charge in [-0.1, -0.05) is 23.2 Å². The molecule has 0 aliphatic rings. The van der Waals surface area contributed by atoms with E-state index in [1.807, 2.05) is 0 Å². The molecule has 8 heteroatoms. The lowest BCUT2D eigenvalue weighted by atomic mass is 10.1. The van der Waals surface area contributed by atoms with Gasteiger partial charge in [-0.2, -0.15) is 4.31 Å². The van der Waals surface area contributed by atoms with E-state index in [0.29, 0.717) is 0 Å².